The first-order valence-corrected chi connectivity index (χ1v) is 17.2. The molecule has 0 radical (unpaired) electrons. The van der Waals surface area contributed by atoms with E-state index >= 15 is 0 Å². The van der Waals surface area contributed by atoms with E-state index in [4.69, 9.17) is 22.3 Å². The molecule has 4 N–H and O–H groups in total. The fraction of sp³-hybridized carbons (Fsp3) is 0.361. The van der Waals surface area contributed by atoms with Crippen LogP contribution in [-0.4, -0.2) is 45.4 Å². The number of aryl methyl sites for hydroxylation is 2. The number of halogens is 1. The molecule has 0 aliphatic carbocycles. The summed E-state index contributed by atoms with van der Waals surface area (Å²) in [4.78, 5) is 31.9. The molecule has 9 nitrogen and oxygen atoms in total. The third kappa shape index (κ3) is 8.55. The maximum absolute atomic E-state index is 13.2. The predicted molar refractivity (Wildman–Crippen MR) is 190 cm³/mol. The summed E-state index contributed by atoms with van der Waals surface area (Å²) < 4.78 is 2.06. The lowest BCUT2D eigenvalue weighted by molar-refractivity contribution is -0.121. The number of fused-ring (bicyclic) bond motifs is 3. The average molecular weight is 670 g/mol. The number of carbonyl (C=O) groups is 2. The van der Waals surface area contributed by atoms with Crippen molar-refractivity contribution < 1.29 is 9.59 Å². The minimum Gasteiger partial charge on any atom is -0.356 e. The molecule has 4 aromatic rings. The molecule has 5 rings (SSSR count). The van der Waals surface area contributed by atoms with Gasteiger partial charge in [0.25, 0.3) is 0 Å². The number of rotatable bonds is 12. The summed E-state index contributed by atoms with van der Waals surface area (Å²) in [5, 5.41) is 16.6. The number of anilines is 1. The van der Waals surface area contributed by atoms with Crippen molar-refractivity contribution in [1.82, 2.24) is 20.1 Å². The largest absolute Gasteiger partial charge is 0.356 e. The molecule has 1 atom stereocenters. The highest BCUT2D eigenvalue weighted by atomic mass is 35.5. The van der Waals surface area contributed by atoms with Gasteiger partial charge in [-0.3, -0.25) is 19.1 Å². The highest BCUT2D eigenvalue weighted by molar-refractivity contribution is 7.15. The predicted octanol–water partition coefficient (Wildman–Crippen LogP) is 6.60. The minimum absolute atomic E-state index is 0.00652. The second kappa shape index (κ2) is 16.0. The highest BCUT2D eigenvalue weighted by Crippen LogP contribution is 2.39. The SMILES string of the molecule is Cc1sc2c(c1C)C(c1ccc(Cl)cc1)=N[C@@H](CC(=O)NCCCCCCCC(=O)Nc1cccc(C#CCN)c1)c1nnc(C)n1-2. The molecule has 1 aliphatic rings. The number of nitrogens with two attached hydrogens (primary N) is 1. The van der Waals surface area contributed by atoms with E-state index < -0.39 is 6.04 Å². The van der Waals surface area contributed by atoms with Gasteiger partial charge in [0.05, 0.1) is 18.7 Å². The second-order valence-corrected chi connectivity index (χ2v) is 13.3. The van der Waals surface area contributed by atoms with E-state index in [1.54, 1.807) is 11.3 Å². The molecule has 11 heteroatoms. The highest BCUT2D eigenvalue weighted by Gasteiger charge is 2.32. The number of amides is 2. The normalized spacial score (nSPS) is 13.5. The Balaban J connectivity index is 1.11. The van der Waals surface area contributed by atoms with Gasteiger partial charge in [0, 0.05) is 45.2 Å². The number of aliphatic imine (C=N–C) groups is 1. The Morgan fingerprint density at radius 3 is 2.55 bits per heavy atom. The van der Waals surface area contributed by atoms with E-state index in [0.717, 1.165) is 76.6 Å². The summed E-state index contributed by atoms with van der Waals surface area (Å²) >= 11 is 7.90. The molecule has 244 valence electrons. The summed E-state index contributed by atoms with van der Waals surface area (Å²) in [6, 6.07) is 14.6. The second-order valence-electron chi connectivity index (χ2n) is 11.6. The monoisotopic (exact) mass is 669 g/mol. The van der Waals surface area contributed by atoms with Crippen molar-refractivity contribution >= 4 is 46.2 Å². The number of hydrogen-bond acceptors (Lipinski definition) is 7. The van der Waals surface area contributed by atoms with Crippen LogP contribution in [0.25, 0.3) is 5.00 Å². The van der Waals surface area contributed by atoms with Crippen molar-refractivity contribution in [2.24, 2.45) is 10.7 Å². The zero-order valence-electron chi connectivity index (χ0n) is 27.0. The molecule has 2 aromatic carbocycles. The average Bonchev–Trinajstić information content (AvgIpc) is 3.53. The Kier molecular flexibility index (Phi) is 11.6. The summed E-state index contributed by atoms with van der Waals surface area (Å²) in [6.07, 6.45) is 5.22. The number of unbranched alkanes of at least 4 members (excludes halogenated alkanes) is 4. The van der Waals surface area contributed by atoms with Crippen molar-refractivity contribution in [3.63, 3.8) is 0 Å². The van der Waals surface area contributed by atoms with Gasteiger partial charge in [-0.15, -0.1) is 21.5 Å². The summed E-state index contributed by atoms with van der Waals surface area (Å²) in [5.41, 5.74) is 11.0. The van der Waals surface area contributed by atoms with Crippen LogP contribution < -0.4 is 16.4 Å². The smallest absolute Gasteiger partial charge is 0.224 e. The van der Waals surface area contributed by atoms with E-state index in [1.807, 2.05) is 55.5 Å². The van der Waals surface area contributed by atoms with E-state index in [0.29, 0.717) is 30.4 Å². The van der Waals surface area contributed by atoms with Crippen molar-refractivity contribution in [3.05, 3.63) is 92.3 Å². The fourth-order valence-corrected chi connectivity index (χ4v) is 6.94. The molecule has 0 saturated heterocycles. The van der Waals surface area contributed by atoms with Crippen LogP contribution in [-0.2, 0) is 9.59 Å². The lowest BCUT2D eigenvalue weighted by Crippen LogP contribution is -2.26. The summed E-state index contributed by atoms with van der Waals surface area (Å²) in [6.45, 7) is 7.03. The topological polar surface area (TPSA) is 127 Å². The number of aromatic nitrogens is 3. The Morgan fingerprint density at radius 1 is 1.00 bits per heavy atom. The first kappa shape index (κ1) is 34.0. The Morgan fingerprint density at radius 2 is 1.77 bits per heavy atom. The van der Waals surface area contributed by atoms with E-state index in [-0.39, 0.29) is 18.2 Å². The van der Waals surface area contributed by atoms with Crippen LogP contribution in [0.5, 0.6) is 0 Å². The molecule has 0 saturated carbocycles. The number of thiophene rings is 1. The van der Waals surface area contributed by atoms with Gasteiger partial charge in [-0.1, -0.05) is 60.9 Å². The van der Waals surface area contributed by atoms with Crippen molar-refractivity contribution in [3.8, 4) is 16.8 Å². The molecule has 0 fully saturated rings. The maximum Gasteiger partial charge on any atom is 0.224 e. The van der Waals surface area contributed by atoms with E-state index in [2.05, 4.69) is 51.1 Å². The Labute approximate surface area is 285 Å². The van der Waals surface area contributed by atoms with E-state index in [9.17, 15) is 9.59 Å². The van der Waals surface area contributed by atoms with Crippen LogP contribution >= 0.6 is 22.9 Å². The minimum atomic E-state index is -0.492. The molecule has 0 unspecified atom stereocenters. The zero-order valence-corrected chi connectivity index (χ0v) is 28.6. The molecular formula is C36H40ClN7O2S. The molecule has 0 spiro atoms. The third-order valence-electron chi connectivity index (χ3n) is 8.12. The first-order valence-electron chi connectivity index (χ1n) is 16.0. The molecule has 2 aromatic heterocycles. The molecule has 1 aliphatic heterocycles. The zero-order chi connectivity index (χ0) is 33.3. The lowest BCUT2D eigenvalue weighted by atomic mass is 9.99. The standard InChI is InChI=1S/C36H40ClN7O2S/c1-23-24(2)47-36-33(23)34(27-15-17-28(37)18-16-27)41-30(35-43-42-25(3)44(35)36)22-32(46)39-20-8-6-4-5-7-14-31(45)40-29-13-9-11-26(21-29)12-10-19-38/h9,11,13,15-18,21,30H,4-8,14,19-20,22,38H2,1-3H3,(H,39,46)(H,40,45)/t30-/m0/s1. The molecule has 0 bridgehead atoms. The first-order chi connectivity index (χ1) is 22.7. The number of hydrogen-bond donors (Lipinski definition) is 3. The molecule has 47 heavy (non-hydrogen) atoms. The third-order valence-corrected chi connectivity index (χ3v) is 9.56. The van der Waals surface area contributed by atoms with Crippen LogP contribution in [0.4, 0.5) is 5.69 Å². The van der Waals surface area contributed by atoms with Gasteiger partial charge in [0.2, 0.25) is 11.8 Å². The number of nitrogens with one attached hydrogen (secondary N) is 2. The van der Waals surface area contributed by atoms with Gasteiger partial charge in [-0.25, -0.2) is 0 Å². The van der Waals surface area contributed by atoms with Gasteiger partial charge in [0.15, 0.2) is 5.82 Å². The fourth-order valence-electron chi connectivity index (χ4n) is 5.60. The Hall–Kier alpha value is -4.30. The summed E-state index contributed by atoms with van der Waals surface area (Å²) in [7, 11) is 0. The quantitative estimate of drug-likeness (QED) is 0.116. The van der Waals surface area contributed by atoms with Crippen LogP contribution in [0.1, 0.15) is 89.8 Å². The van der Waals surface area contributed by atoms with Crippen LogP contribution in [0, 0.1) is 32.6 Å². The van der Waals surface area contributed by atoms with Crippen LogP contribution in [0.2, 0.25) is 5.02 Å². The number of nitrogens with zero attached hydrogens (tertiary/aromatic N) is 4. The summed E-state index contributed by atoms with van der Waals surface area (Å²) in [5.74, 6) is 7.15. The van der Waals surface area contributed by atoms with Crippen LogP contribution in [0.3, 0.4) is 0 Å². The van der Waals surface area contributed by atoms with Crippen LogP contribution in [0.15, 0.2) is 53.5 Å². The van der Waals surface area contributed by atoms with Gasteiger partial charge in [-0.05, 0) is 69.5 Å². The lowest BCUT2D eigenvalue weighted by Gasteiger charge is -2.13. The van der Waals surface area contributed by atoms with Gasteiger partial charge in [0.1, 0.15) is 16.9 Å². The van der Waals surface area contributed by atoms with Crippen molar-refractivity contribution in [1.29, 1.82) is 0 Å². The van der Waals surface area contributed by atoms with Gasteiger partial charge in [-0.2, -0.15) is 0 Å². The molecule has 2 amide bonds. The Bertz CT molecular complexity index is 1830. The van der Waals surface area contributed by atoms with Gasteiger partial charge < -0.3 is 16.4 Å². The maximum atomic E-state index is 13.2. The van der Waals surface area contributed by atoms with E-state index in [1.165, 1.54) is 4.88 Å². The molecule has 3 heterocycles. The van der Waals surface area contributed by atoms with Crippen molar-refractivity contribution in [2.45, 2.75) is 71.8 Å². The number of carbonyl (C=O) groups excluding carboxylic acids is 2. The van der Waals surface area contributed by atoms with Gasteiger partial charge >= 0.3 is 0 Å². The number of benzene rings is 2. The molecular weight excluding hydrogens is 630 g/mol. The van der Waals surface area contributed by atoms with Crippen molar-refractivity contribution in [2.75, 3.05) is 18.4 Å².